The summed E-state index contributed by atoms with van der Waals surface area (Å²) < 4.78 is 5.37. The number of rotatable bonds is 13. The minimum Gasteiger partial charge on any atom is -0.479 e. The van der Waals surface area contributed by atoms with Crippen molar-refractivity contribution in [3.05, 3.63) is 108 Å². The van der Waals surface area contributed by atoms with Crippen molar-refractivity contribution in [2.45, 2.75) is 62.4 Å². The summed E-state index contributed by atoms with van der Waals surface area (Å²) in [6, 6.07) is 24.3. The highest BCUT2D eigenvalue weighted by molar-refractivity contribution is 7.99. The monoisotopic (exact) mass is 619 g/mol. The number of carbonyl (C=O) groups excluding carboxylic acids is 3. The van der Waals surface area contributed by atoms with Crippen LogP contribution in [0, 0.1) is 0 Å². The molecule has 0 aromatic heterocycles. The van der Waals surface area contributed by atoms with E-state index in [1.54, 1.807) is 24.3 Å². The summed E-state index contributed by atoms with van der Waals surface area (Å²) in [5, 5.41) is 24.9. The van der Waals surface area contributed by atoms with E-state index in [0.717, 1.165) is 16.7 Å². The summed E-state index contributed by atoms with van der Waals surface area (Å²) in [6.07, 6.45) is -1.66. The number of nitrogens with one attached hydrogen (secondary N) is 2. The molecule has 11 heteroatoms. The van der Waals surface area contributed by atoms with Gasteiger partial charge in [0, 0.05) is 5.75 Å². The van der Waals surface area contributed by atoms with Crippen molar-refractivity contribution in [2.24, 2.45) is 0 Å². The first-order valence-electron chi connectivity index (χ1n) is 14.5. The lowest BCUT2D eigenvalue weighted by Gasteiger charge is -2.33. The predicted octanol–water partition coefficient (Wildman–Crippen LogP) is 3.90. The molecule has 3 aromatic rings. The summed E-state index contributed by atoms with van der Waals surface area (Å²) in [4.78, 5) is 53.9. The number of nitrogens with zero attached hydrogens (tertiary/aromatic N) is 1. The van der Waals surface area contributed by atoms with Crippen LogP contribution in [0.2, 0.25) is 0 Å². The summed E-state index contributed by atoms with van der Waals surface area (Å²) in [7, 11) is 0. The lowest BCUT2D eigenvalue weighted by atomic mass is 10.0. The molecule has 2 unspecified atom stereocenters. The molecule has 0 radical (unpaired) electrons. The van der Waals surface area contributed by atoms with Crippen molar-refractivity contribution in [2.75, 3.05) is 5.75 Å². The van der Waals surface area contributed by atoms with Gasteiger partial charge in [0.05, 0.1) is 6.04 Å². The van der Waals surface area contributed by atoms with E-state index in [1.165, 1.54) is 16.7 Å². The van der Waals surface area contributed by atoms with Gasteiger partial charge in [-0.3, -0.25) is 9.59 Å². The van der Waals surface area contributed by atoms with Crippen LogP contribution in [0.3, 0.4) is 0 Å². The van der Waals surface area contributed by atoms with Crippen molar-refractivity contribution in [1.82, 2.24) is 15.5 Å². The van der Waals surface area contributed by atoms with Crippen LogP contribution in [0.4, 0.5) is 4.79 Å². The molecule has 1 aliphatic heterocycles. The van der Waals surface area contributed by atoms with Crippen molar-refractivity contribution in [3.63, 3.8) is 0 Å². The van der Waals surface area contributed by atoms with Crippen molar-refractivity contribution >= 4 is 35.6 Å². The number of amides is 3. The van der Waals surface area contributed by atoms with Crippen LogP contribution < -0.4 is 10.6 Å². The second-order valence-electron chi connectivity index (χ2n) is 10.5. The predicted molar refractivity (Wildman–Crippen MR) is 166 cm³/mol. The molecule has 1 saturated heterocycles. The van der Waals surface area contributed by atoms with E-state index in [9.17, 15) is 29.4 Å². The van der Waals surface area contributed by atoms with Gasteiger partial charge < -0.3 is 30.5 Å². The van der Waals surface area contributed by atoms with Crippen LogP contribution in [-0.4, -0.2) is 69.0 Å². The Morgan fingerprint density at radius 2 is 1.50 bits per heavy atom. The van der Waals surface area contributed by atoms with E-state index in [0.29, 0.717) is 12.8 Å². The number of carbonyl (C=O) groups is 4. The first kappa shape index (κ1) is 32.6. The van der Waals surface area contributed by atoms with Crippen LogP contribution in [0.15, 0.2) is 91.0 Å². The molecule has 0 bridgehead atoms. The van der Waals surface area contributed by atoms with Crippen LogP contribution in [-0.2, 0) is 32.1 Å². The molecule has 44 heavy (non-hydrogen) atoms. The van der Waals surface area contributed by atoms with Crippen molar-refractivity contribution in [3.8, 4) is 0 Å². The Labute approximate surface area is 260 Å². The number of aliphatic hydroxyl groups excluding tert-OH is 1. The molecule has 10 nitrogen and oxygen atoms in total. The first-order chi connectivity index (χ1) is 21.3. The number of carboxylic acids is 1. The van der Waals surface area contributed by atoms with Gasteiger partial charge in [-0.05, 0) is 29.5 Å². The van der Waals surface area contributed by atoms with Gasteiger partial charge in [-0.15, -0.1) is 11.8 Å². The highest BCUT2D eigenvalue weighted by atomic mass is 32.2. The van der Waals surface area contributed by atoms with Gasteiger partial charge in [0.15, 0.2) is 6.10 Å². The minimum atomic E-state index is -1.86. The second kappa shape index (κ2) is 15.9. The quantitative estimate of drug-likeness (QED) is 0.226. The zero-order chi connectivity index (χ0) is 31.5. The van der Waals surface area contributed by atoms with E-state index in [-0.39, 0.29) is 18.8 Å². The third-order valence-corrected chi connectivity index (χ3v) is 8.61. The lowest BCUT2D eigenvalue weighted by Crippen LogP contribution is -2.57. The summed E-state index contributed by atoms with van der Waals surface area (Å²) in [5.41, 5.74) is 2.33. The summed E-state index contributed by atoms with van der Waals surface area (Å²) in [6.45, 7) is 1.92. The molecule has 1 heterocycles. The van der Waals surface area contributed by atoms with Gasteiger partial charge >= 0.3 is 12.1 Å². The SMILES string of the molecule is CCC[C@H](NC(=O)OCc1ccccc1)C(=O)N1C(c2ccccc2)SC[C@H]1C(=O)N[C@@H](Cc1ccccc1)C(O)C(=O)O. The number of alkyl carbamates (subject to hydrolysis) is 1. The molecule has 0 spiro atoms. The zero-order valence-electron chi connectivity index (χ0n) is 24.4. The van der Waals surface area contributed by atoms with Gasteiger partial charge in [-0.2, -0.15) is 0 Å². The first-order valence-corrected chi connectivity index (χ1v) is 15.5. The van der Waals surface area contributed by atoms with Crippen LogP contribution in [0.5, 0.6) is 0 Å². The van der Waals surface area contributed by atoms with Crippen LogP contribution >= 0.6 is 11.8 Å². The Kier molecular flexibility index (Phi) is 11.8. The van der Waals surface area contributed by atoms with Crippen LogP contribution in [0.25, 0.3) is 0 Å². The van der Waals surface area contributed by atoms with E-state index >= 15 is 0 Å². The molecule has 0 saturated carbocycles. The number of hydrogen-bond acceptors (Lipinski definition) is 7. The molecule has 3 aromatic carbocycles. The number of ether oxygens (including phenoxy) is 1. The lowest BCUT2D eigenvalue weighted by molar-refractivity contribution is -0.149. The molecule has 3 amide bonds. The molecular formula is C33H37N3O7S. The van der Waals surface area contributed by atoms with Gasteiger partial charge in [0.2, 0.25) is 11.8 Å². The molecule has 4 N–H and O–H groups in total. The van der Waals surface area contributed by atoms with E-state index in [1.807, 2.05) is 73.7 Å². The van der Waals surface area contributed by atoms with Gasteiger partial charge in [-0.1, -0.05) is 104 Å². The van der Waals surface area contributed by atoms with Crippen LogP contribution in [0.1, 0.15) is 41.8 Å². The third kappa shape index (κ3) is 8.61. The summed E-state index contributed by atoms with van der Waals surface area (Å²) >= 11 is 1.40. The number of thioether (sulfide) groups is 1. The van der Waals surface area contributed by atoms with Gasteiger partial charge in [0.1, 0.15) is 24.1 Å². The van der Waals surface area contributed by atoms with E-state index < -0.39 is 53.5 Å². The normalized spacial score (nSPS) is 18.1. The molecule has 5 atom stereocenters. The highest BCUT2D eigenvalue weighted by Gasteiger charge is 2.45. The fraction of sp³-hybridized carbons (Fsp3) is 0.333. The average molecular weight is 620 g/mol. The number of benzene rings is 3. The Balaban J connectivity index is 1.56. The average Bonchev–Trinajstić information content (AvgIpc) is 3.49. The summed E-state index contributed by atoms with van der Waals surface area (Å²) in [5.74, 6) is -2.29. The maximum Gasteiger partial charge on any atom is 0.408 e. The fourth-order valence-corrected chi connectivity index (χ4v) is 6.48. The van der Waals surface area contributed by atoms with Gasteiger partial charge in [-0.25, -0.2) is 9.59 Å². The fourth-order valence-electron chi connectivity index (χ4n) is 5.05. The van der Waals surface area contributed by atoms with Crippen molar-refractivity contribution in [1.29, 1.82) is 0 Å². The molecule has 1 fully saturated rings. The number of carboxylic acid groups (broad SMARTS) is 1. The molecular weight excluding hydrogens is 582 g/mol. The molecule has 0 aliphatic carbocycles. The number of aliphatic hydroxyl groups is 1. The molecule has 4 rings (SSSR count). The second-order valence-corrected chi connectivity index (χ2v) is 11.6. The van der Waals surface area contributed by atoms with E-state index in [2.05, 4.69) is 10.6 Å². The highest BCUT2D eigenvalue weighted by Crippen LogP contribution is 2.42. The Hall–Kier alpha value is -4.35. The molecule has 1 aliphatic rings. The van der Waals surface area contributed by atoms with Gasteiger partial charge in [0.25, 0.3) is 0 Å². The van der Waals surface area contributed by atoms with Crippen molar-refractivity contribution < 1.29 is 34.1 Å². The topological polar surface area (TPSA) is 145 Å². The minimum absolute atomic E-state index is 0.0334. The standard InChI is InChI=1S/C33H37N3O7S/c1-2-12-25(35-33(42)43-20-23-15-8-4-9-16-23)30(39)36-27(21-44-31(36)24-17-10-5-11-18-24)29(38)34-26(28(37)32(40)41)19-22-13-6-3-7-14-22/h3-11,13-18,25-28,31,37H,2,12,19-21H2,1H3,(H,34,38)(H,35,42)(H,40,41)/t25-,26-,27-,28?,31?/m0/s1. The Morgan fingerprint density at radius 1 is 0.909 bits per heavy atom. The maximum absolute atomic E-state index is 14.2. The van der Waals surface area contributed by atoms with E-state index in [4.69, 9.17) is 4.74 Å². The number of hydrogen-bond donors (Lipinski definition) is 4. The number of aliphatic carboxylic acids is 1. The Morgan fingerprint density at radius 3 is 2.09 bits per heavy atom. The molecule has 232 valence electrons. The largest absolute Gasteiger partial charge is 0.479 e. The maximum atomic E-state index is 14.2. The Bertz CT molecular complexity index is 1390. The zero-order valence-corrected chi connectivity index (χ0v) is 25.2. The third-order valence-electron chi connectivity index (χ3n) is 7.28. The smallest absolute Gasteiger partial charge is 0.408 e.